The zero-order valence-corrected chi connectivity index (χ0v) is 11.2. The van der Waals surface area contributed by atoms with E-state index in [4.69, 9.17) is 22.3 Å². The maximum Gasteiger partial charge on any atom is 0.265 e. The van der Waals surface area contributed by atoms with E-state index in [0.29, 0.717) is 0 Å². The first kappa shape index (κ1) is 13.3. The summed E-state index contributed by atoms with van der Waals surface area (Å²) in [5.41, 5.74) is -0.741. The van der Waals surface area contributed by atoms with Crippen LogP contribution < -0.4 is 0 Å². The average molecular weight is 388 g/mol. The summed E-state index contributed by atoms with van der Waals surface area (Å²) in [4.78, 5) is 2.71. The van der Waals surface area contributed by atoms with E-state index in [1.165, 1.54) is 0 Å². The fourth-order valence-electron chi connectivity index (χ4n) is 0.893. The summed E-state index contributed by atoms with van der Waals surface area (Å²) in [6, 6.07) is 0.923. The van der Waals surface area contributed by atoms with Gasteiger partial charge in [-0.25, -0.2) is 22.2 Å². The van der Waals surface area contributed by atoms with Gasteiger partial charge in [-0.2, -0.15) is 0 Å². The SMILES string of the molecule is O=S(=O)(Cl)c1c(C(F)F)cc(I)nc1Cl. The zero-order valence-electron chi connectivity index (χ0n) is 6.72. The number of nitrogens with zero attached hydrogens (tertiary/aromatic N) is 1. The van der Waals surface area contributed by atoms with Crippen LogP contribution in [0.2, 0.25) is 5.15 Å². The molecule has 9 heteroatoms. The van der Waals surface area contributed by atoms with Crippen molar-refractivity contribution in [1.29, 1.82) is 0 Å². The van der Waals surface area contributed by atoms with Gasteiger partial charge < -0.3 is 0 Å². The Labute approximate surface area is 107 Å². The highest BCUT2D eigenvalue weighted by molar-refractivity contribution is 14.1. The van der Waals surface area contributed by atoms with Gasteiger partial charge in [-0.1, -0.05) is 11.6 Å². The smallest absolute Gasteiger partial charge is 0.229 e. The van der Waals surface area contributed by atoms with Crippen molar-refractivity contribution in [3.63, 3.8) is 0 Å². The van der Waals surface area contributed by atoms with Gasteiger partial charge in [0.05, 0.1) is 0 Å². The molecule has 1 aromatic rings. The molecule has 1 heterocycles. The van der Waals surface area contributed by atoms with Crippen molar-refractivity contribution >= 4 is 53.9 Å². The summed E-state index contributed by atoms with van der Waals surface area (Å²) in [5.74, 6) is 0. The lowest BCUT2D eigenvalue weighted by molar-refractivity contribution is 0.147. The van der Waals surface area contributed by atoms with E-state index in [1.54, 1.807) is 22.6 Å². The molecule has 0 aliphatic rings. The summed E-state index contributed by atoms with van der Waals surface area (Å²) in [6.45, 7) is 0. The molecule has 0 aromatic carbocycles. The van der Waals surface area contributed by atoms with Crippen LogP contribution in [0.4, 0.5) is 8.78 Å². The highest BCUT2D eigenvalue weighted by atomic mass is 127. The van der Waals surface area contributed by atoms with Crippen molar-refractivity contribution in [2.45, 2.75) is 11.3 Å². The summed E-state index contributed by atoms with van der Waals surface area (Å²) in [7, 11) is 0.646. The normalized spacial score (nSPS) is 12.1. The van der Waals surface area contributed by atoms with Crippen LogP contribution in [-0.4, -0.2) is 13.4 Å². The Morgan fingerprint density at radius 3 is 2.40 bits per heavy atom. The summed E-state index contributed by atoms with van der Waals surface area (Å²) in [6.07, 6.45) is -2.98. The molecule has 0 saturated heterocycles. The second-order valence-electron chi connectivity index (χ2n) is 2.39. The summed E-state index contributed by atoms with van der Waals surface area (Å²) >= 11 is 7.09. The molecule has 0 spiro atoms. The monoisotopic (exact) mass is 387 g/mol. The predicted molar refractivity (Wildman–Crippen MR) is 60.0 cm³/mol. The van der Waals surface area contributed by atoms with Crippen LogP contribution in [0.3, 0.4) is 0 Å². The van der Waals surface area contributed by atoms with E-state index in [1.807, 2.05) is 0 Å². The fourth-order valence-corrected chi connectivity index (χ4v) is 3.40. The van der Waals surface area contributed by atoms with E-state index < -0.39 is 31.1 Å². The van der Waals surface area contributed by atoms with Gasteiger partial charge >= 0.3 is 0 Å². The highest BCUT2D eigenvalue weighted by Crippen LogP contribution is 2.33. The van der Waals surface area contributed by atoms with Crippen molar-refractivity contribution < 1.29 is 17.2 Å². The topological polar surface area (TPSA) is 47.0 Å². The molecule has 84 valence electrons. The van der Waals surface area contributed by atoms with E-state index in [-0.39, 0.29) is 3.70 Å². The van der Waals surface area contributed by atoms with Gasteiger partial charge in [0.15, 0.2) is 5.15 Å². The second kappa shape index (κ2) is 4.64. The van der Waals surface area contributed by atoms with E-state index >= 15 is 0 Å². The number of hydrogen-bond acceptors (Lipinski definition) is 3. The first-order valence-corrected chi connectivity index (χ1v) is 7.09. The molecule has 0 fully saturated rings. The molecule has 1 rings (SSSR count). The molecule has 0 atom stereocenters. The molecule has 1 aromatic heterocycles. The Morgan fingerprint density at radius 1 is 1.47 bits per heavy atom. The Morgan fingerprint density at radius 2 is 2.00 bits per heavy atom. The first-order valence-electron chi connectivity index (χ1n) is 3.32. The number of hydrogen-bond donors (Lipinski definition) is 0. The van der Waals surface area contributed by atoms with E-state index in [9.17, 15) is 17.2 Å². The van der Waals surface area contributed by atoms with E-state index in [2.05, 4.69) is 4.98 Å². The van der Waals surface area contributed by atoms with Gasteiger partial charge in [0, 0.05) is 16.2 Å². The molecule has 0 bridgehead atoms. The molecule has 0 saturated carbocycles. The van der Waals surface area contributed by atoms with Crippen LogP contribution >= 0.6 is 44.9 Å². The van der Waals surface area contributed by atoms with Crippen molar-refractivity contribution in [1.82, 2.24) is 4.98 Å². The number of aromatic nitrogens is 1. The minimum absolute atomic E-state index is 0.164. The molecule has 0 amide bonds. The number of rotatable bonds is 2. The van der Waals surface area contributed by atoms with Crippen molar-refractivity contribution in [2.75, 3.05) is 0 Å². The minimum atomic E-state index is -4.33. The average Bonchev–Trinajstić information content (AvgIpc) is 1.99. The number of halogens is 5. The van der Waals surface area contributed by atoms with Crippen LogP contribution in [0.1, 0.15) is 12.0 Å². The predicted octanol–water partition coefficient (Wildman–Crippen LogP) is 3.20. The molecule has 0 radical (unpaired) electrons. The highest BCUT2D eigenvalue weighted by Gasteiger charge is 2.26. The van der Waals surface area contributed by atoms with Crippen molar-refractivity contribution in [3.05, 3.63) is 20.5 Å². The summed E-state index contributed by atoms with van der Waals surface area (Å²) < 4.78 is 47.2. The fraction of sp³-hybridized carbons (Fsp3) is 0.167. The molecule has 0 unspecified atom stereocenters. The lowest BCUT2D eigenvalue weighted by Gasteiger charge is -2.07. The first-order chi connectivity index (χ1) is 6.73. The third-order valence-electron chi connectivity index (χ3n) is 1.41. The Bertz CT molecular complexity index is 494. The standard InChI is InChI=1S/C6H2Cl2F2INO2S/c7-5-4(15(8,13)14)2(6(9)10)1-3(11)12-5/h1,6H. The quantitative estimate of drug-likeness (QED) is 0.444. The van der Waals surface area contributed by atoms with Gasteiger partial charge in [-0.15, -0.1) is 0 Å². The zero-order chi connectivity index (χ0) is 11.8. The minimum Gasteiger partial charge on any atom is -0.229 e. The maximum absolute atomic E-state index is 12.5. The summed E-state index contributed by atoms with van der Waals surface area (Å²) in [5, 5.41) is -0.549. The van der Waals surface area contributed by atoms with Crippen molar-refractivity contribution in [2.24, 2.45) is 0 Å². The number of alkyl halides is 2. The molecule has 0 aliphatic carbocycles. The Kier molecular flexibility index (Phi) is 4.13. The van der Waals surface area contributed by atoms with Gasteiger partial charge in [-0.05, 0) is 28.7 Å². The van der Waals surface area contributed by atoms with Gasteiger partial charge in [0.25, 0.3) is 15.5 Å². The van der Waals surface area contributed by atoms with Gasteiger partial charge in [0.2, 0.25) is 0 Å². The van der Waals surface area contributed by atoms with Crippen LogP contribution in [0.25, 0.3) is 0 Å². The molecular formula is C6H2Cl2F2INO2S. The molecule has 15 heavy (non-hydrogen) atoms. The second-order valence-corrected chi connectivity index (χ2v) is 6.36. The van der Waals surface area contributed by atoms with Crippen molar-refractivity contribution in [3.8, 4) is 0 Å². The largest absolute Gasteiger partial charge is 0.265 e. The third-order valence-corrected chi connectivity index (χ3v) is 3.73. The molecule has 0 N–H and O–H groups in total. The van der Waals surface area contributed by atoms with Gasteiger partial charge in [0.1, 0.15) is 8.60 Å². The van der Waals surface area contributed by atoms with Gasteiger partial charge in [-0.3, -0.25) is 0 Å². The molecule has 3 nitrogen and oxygen atoms in total. The Balaban J connectivity index is 3.62. The molecule has 0 aliphatic heterocycles. The van der Waals surface area contributed by atoms with Crippen LogP contribution in [0, 0.1) is 3.70 Å². The lowest BCUT2D eigenvalue weighted by atomic mass is 10.3. The van der Waals surface area contributed by atoms with Crippen LogP contribution in [0.15, 0.2) is 11.0 Å². The lowest BCUT2D eigenvalue weighted by Crippen LogP contribution is -2.03. The maximum atomic E-state index is 12.5. The van der Waals surface area contributed by atoms with E-state index in [0.717, 1.165) is 6.07 Å². The third kappa shape index (κ3) is 3.11. The van der Waals surface area contributed by atoms with Crippen LogP contribution in [0.5, 0.6) is 0 Å². The Hall–Kier alpha value is 0.270. The number of pyridine rings is 1. The molecular weight excluding hydrogens is 386 g/mol. The van der Waals surface area contributed by atoms with Crippen LogP contribution in [-0.2, 0) is 9.05 Å².